The zero-order valence-electron chi connectivity index (χ0n) is 11.2. The summed E-state index contributed by atoms with van der Waals surface area (Å²) >= 11 is 0. The molecule has 1 saturated heterocycles. The van der Waals surface area contributed by atoms with Gasteiger partial charge in [0, 0.05) is 6.04 Å². The van der Waals surface area contributed by atoms with Crippen molar-refractivity contribution >= 4 is 5.97 Å². The predicted molar refractivity (Wildman–Crippen MR) is 78.8 cm³/mol. The number of hydrogen-bond donors (Lipinski definition) is 2. The summed E-state index contributed by atoms with van der Waals surface area (Å²) in [6.07, 6.45) is 2.41. The van der Waals surface area contributed by atoms with Gasteiger partial charge in [0.15, 0.2) is 0 Å². The molecule has 1 fully saturated rings. The number of nitrogens with one attached hydrogen (secondary N) is 1. The molecule has 2 aromatic rings. The second-order valence-corrected chi connectivity index (χ2v) is 5.16. The zero-order chi connectivity index (χ0) is 13.9. The highest BCUT2D eigenvalue weighted by atomic mass is 16.4. The molecule has 102 valence electrons. The van der Waals surface area contributed by atoms with E-state index < -0.39 is 5.97 Å². The molecule has 3 rings (SSSR count). The van der Waals surface area contributed by atoms with Gasteiger partial charge in [-0.25, -0.2) is 4.79 Å². The van der Waals surface area contributed by atoms with Crippen LogP contribution in [0, 0.1) is 0 Å². The standard InChI is InChI=1S/C17H17NO2/c19-17(20)13-8-6-12(7-9-13)14-3-1-4-15(11-14)16-5-2-10-18-16/h1,3-4,6-9,11,16,18H,2,5,10H2,(H,19,20)/t16-/m1/s1. The van der Waals surface area contributed by atoms with Gasteiger partial charge in [0.05, 0.1) is 5.56 Å². The number of benzene rings is 2. The minimum atomic E-state index is -0.888. The van der Waals surface area contributed by atoms with E-state index in [1.807, 2.05) is 12.1 Å². The van der Waals surface area contributed by atoms with Crippen LogP contribution < -0.4 is 5.32 Å². The first-order chi connectivity index (χ1) is 9.74. The van der Waals surface area contributed by atoms with Crippen molar-refractivity contribution in [2.75, 3.05) is 6.54 Å². The van der Waals surface area contributed by atoms with E-state index in [1.165, 1.54) is 18.4 Å². The Morgan fingerprint density at radius 3 is 2.55 bits per heavy atom. The van der Waals surface area contributed by atoms with Crippen molar-refractivity contribution in [2.24, 2.45) is 0 Å². The molecule has 0 aromatic heterocycles. The Labute approximate surface area is 118 Å². The highest BCUT2D eigenvalue weighted by molar-refractivity contribution is 5.88. The molecule has 20 heavy (non-hydrogen) atoms. The SMILES string of the molecule is O=C(O)c1ccc(-c2cccc([C@H]3CCCN3)c2)cc1. The Morgan fingerprint density at radius 1 is 1.10 bits per heavy atom. The van der Waals surface area contributed by atoms with E-state index in [-0.39, 0.29) is 0 Å². The molecule has 1 aliphatic heterocycles. The van der Waals surface area contributed by atoms with E-state index in [1.54, 1.807) is 12.1 Å². The van der Waals surface area contributed by atoms with Gasteiger partial charge in [0.1, 0.15) is 0 Å². The summed E-state index contributed by atoms with van der Waals surface area (Å²) in [5.41, 5.74) is 3.81. The molecule has 0 spiro atoms. The van der Waals surface area contributed by atoms with Gasteiger partial charge in [-0.15, -0.1) is 0 Å². The highest BCUT2D eigenvalue weighted by Gasteiger charge is 2.16. The van der Waals surface area contributed by atoms with Gasteiger partial charge < -0.3 is 10.4 Å². The largest absolute Gasteiger partial charge is 0.478 e. The average molecular weight is 267 g/mol. The quantitative estimate of drug-likeness (QED) is 0.895. The second-order valence-electron chi connectivity index (χ2n) is 5.16. The fraction of sp³-hybridized carbons (Fsp3) is 0.235. The monoisotopic (exact) mass is 267 g/mol. The van der Waals surface area contributed by atoms with Crippen LogP contribution in [-0.4, -0.2) is 17.6 Å². The van der Waals surface area contributed by atoms with Crippen LogP contribution in [0.25, 0.3) is 11.1 Å². The van der Waals surface area contributed by atoms with Crippen molar-refractivity contribution in [3.8, 4) is 11.1 Å². The van der Waals surface area contributed by atoms with Gasteiger partial charge in [-0.3, -0.25) is 0 Å². The third-order valence-corrected chi connectivity index (χ3v) is 3.81. The van der Waals surface area contributed by atoms with Gasteiger partial charge in [0.25, 0.3) is 0 Å². The summed E-state index contributed by atoms with van der Waals surface area (Å²) in [7, 11) is 0. The molecule has 0 aliphatic carbocycles. The van der Waals surface area contributed by atoms with Crippen molar-refractivity contribution in [3.63, 3.8) is 0 Å². The highest BCUT2D eigenvalue weighted by Crippen LogP contribution is 2.27. The van der Waals surface area contributed by atoms with Crippen molar-refractivity contribution in [1.29, 1.82) is 0 Å². The maximum Gasteiger partial charge on any atom is 0.335 e. The van der Waals surface area contributed by atoms with E-state index in [4.69, 9.17) is 5.11 Å². The Balaban J connectivity index is 1.89. The van der Waals surface area contributed by atoms with E-state index in [2.05, 4.69) is 29.6 Å². The summed E-state index contributed by atoms with van der Waals surface area (Å²) in [4.78, 5) is 10.9. The number of hydrogen-bond acceptors (Lipinski definition) is 2. The Morgan fingerprint density at radius 2 is 1.90 bits per heavy atom. The maximum absolute atomic E-state index is 10.9. The van der Waals surface area contributed by atoms with Crippen LogP contribution in [0.3, 0.4) is 0 Å². The van der Waals surface area contributed by atoms with Crippen molar-refractivity contribution in [2.45, 2.75) is 18.9 Å². The molecular weight excluding hydrogens is 250 g/mol. The first kappa shape index (κ1) is 12.9. The van der Waals surface area contributed by atoms with Crippen LogP contribution in [0.4, 0.5) is 0 Å². The van der Waals surface area contributed by atoms with Crippen LogP contribution in [-0.2, 0) is 0 Å². The number of carbonyl (C=O) groups is 1. The minimum Gasteiger partial charge on any atom is -0.478 e. The lowest BCUT2D eigenvalue weighted by atomic mass is 9.98. The Hall–Kier alpha value is -2.13. The fourth-order valence-corrected chi connectivity index (χ4v) is 2.71. The molecule has 3 nitrogen and oxygen atoms in total. The number of rotatable bonds is 3. The number of carboxylic acid groups (broad SMARTS) is 1. The van der Waals surface area contributed by atoms with Crippen LogP contribution in [0.5, 0.6) is 0 Å². The molecule has 0 unspecified atom stereocenters. The zero-order valence-corrected chi connectivity index (χ0v) is 11.2. The summed E-state index contributed by atoms with van der Waals surface area (Å²) in [5.74, 6) is -0.888. The first-order valence-corrected chi connectivity index (χ1v) is 6.91. The van der Waals surface area contributed by atoms with Gasteiger partial charge in [-0.05, 0) is 54.3 Å². The number of carboxylic acids is 1. The molecule has 1 atom stereocenters. The normalized spacial score (nSPS) is 18.1. The minimum absolute atomic E-state index is 0.322. The molecule has 1 heterocycles. The van der Waals surface area contributed by atoms with E-state index >= 15 is 0 Å². The van der Waals surface area contributed by atoms with Crippen molar-refractivity contribution in [1.82, 2.24) is 5.32 Å². The summed E-state index contributed by atoms with van der Waals surface area (Å²) in [5, 5.41) is 12.4. The van der Waals surface area contributed by atoms with Gasteiger partial charge in [-0.2, -0.15) is 0 Å². The van der Waals surface area contributed by atoms with Crippen molar-refractivity contribution in [3.05, 3.63) is 59.7 Å². The topological polar surface area (TPSA) is 49.3 Å². The lowest BCUT2D eigenvalue weighted by Gasteiger charge is -2.12. The van der Waals surface area contributed by atoms with E-state index in [0.29, 0.717) is 11.6 Å². The number of aromatic carboxylic acids is 1. The molecule has 0 amide bonds. The van der Waals surface area contributed by atoms with Crippen LogP contribution in [0.2, 0.25) is 0 Å². The lowest BCUT2D eigenvalue weighted by Crippen LogP contribution is -2.12. The van der Waals surface area contributed by atoms with E-state index in [9.17, 15) is 4.79 Å². The molecule has 2 N–H and O–H groups in total. The average Bonchev–Trinajstić information content (AvgIpc) is 3.02. The van der Waals surface area contributed by atoms with Gasteiger partial charge in [-0.1, -0.05) is 30.3 Å². The fourth-order valence-electron chi connectivity index (χ4n) is 2.71. The van der Waals surface area contributed by atoms with E-state index in [0.717, 1.165) is 17.7 Å². The summed E-state index contributed by atoms with van der Waals surface area (Å²) < 4.78 is 0. The lowest BCUT2D eigenvalue weighted by molar-refractivity contribution is 0.0697. The van der Waals surface area contributed by atoms with Gasteiger partial charge >= 0.3 is 5.97 Å². The van der Waals surface area contributed by atoms with Gasteiger partial charge in [0.2, 0.25) is 0 Å². The first-order valence-electron chi connectivity index (χ1n) is 6.91. The Kier molecular flexibility index (Phi) is 3.52. The third-order valence-electron chi connectivity index (χ3n) is 3.81. The van der Waals surface area contributed by atoms with Crippen LogP contribution in [0.1, 0.15) is 34.8 Å². The van der Waals surface area contributed by atoms with Crippen molar-refractivity contribution < 1.29 is 9.90 Å². The molecule has 0 bridgehead atoms. The summed E-state index contributed by atoms with van der Waals surface area (Å²) in [6, 6.07) is 16.0. The smallest absolute Gasteiger partial charge is 0.335 e. The molecular formula is C17H17NO2. The second kappa shape index (κ2) is 5.47. The molecule has 0 radical (unpaired) electrons. The third kappa shape index (κ3) is 2.58. The molecule has 0 saturated carbocycles. The Bertz CT molecular complexity index is 613. The van der Waals surface area contributed by atoms with Crippen LogP contribution in [0.15, 0.2) is 48.5 Å². The molecule has 1 aliphatic rings. The predicted octanol–water partition coefficient (Wildman–Crippen LogP) is 3.48. The molecule has 2 aromatic carbocycles. The van der Waals surface area contributed by atoms with Crippen LogP contribution >= 0.6 is 0 Å². The maximum atomic E-state index is 10.9. The molecule has 3 heteroatoms. The summed E-state index contributed by atoms with van der Waals surface area (Å²) in [6.45, 7) is 1.09.